The number of carbonyl (C=O) groups is 2. The van der Waals surface area contributed by atoms with Gasteiger partial charge in [0.25, 0.3) is 5.91 Å². The second-order valence-electron chi connectivity index (χ2n) is 7.46. The van der Waals surface area contributed by atoms with Gasteiger partial charge < -0.3 is 10.6 Å². The summed E-state index contributed by atoms with van der Waals surface area (Å²) < 4.78 is 0. The number of halogens is 1. The van der Waals surface area contributed by atoms with Crippen LogP contribution in [0.1, 0.15) is 54.2 Å². The van der Waals surface area contributed by atoms with Crippen LogP contribution in [-0.4, -0.2) is 17.9 Å². The Balaban J connectivity index is 1.69. The van der Waals surface area contributed by atoms with Crippen molar-refractivity contribution in [2.24, 2.45) is 5.92 Å². The smallest absolute Gasteiger partial charge is 0.251 e. The number of amides is 2. The van der Waals surface area contributed by atoms with E-state index in [9.17, 15) is 9.59 Å². The Hall–Kier alpha value is -2.33. The first-order valence-corrected chi connectivity index (χ1v) is 9.76. The molecule has 0 spiro atoms. The molecule has 0 saturated heterocycles. The first-order valence-electron chi connectivity index (χ1n) is 9.38. The van der Waals surface area contributed by atoms with E-state index in [1.165, 1.54) is 11.1 Å². The van der Waals surface area contributed by atoms with Crippen molar-refractivity contribution in [1.29, 1.82) is 0 Å². The van der Waals surface area contributed by atoms with Crippen LogP contribution >= 0.6 is 11.6 Å². The monoisotopic (exact) mass is 384 g/mol. The van der Waals surface area contributed by atoms with Gasteiger partial charge in [-0.15, -0.1) is 0 Å². The molecule has 0 aliphatic heterocycles. The van der Waals surface area contributed by atoms with Gasteiger partial charge in [0.05, 0.1) is 6.04 Å². The molecule has 27 heavy (non-hydrogen) atoms. The highest BCUT2D eigenvalue weighted by Gasteiger charge is 2.28. The molecule has 2 aromatic carbocycles. The highest BCUT2D eigenvalue weighted by atomic mass is 35.5. The lowest BCUT2D eigenvalue weighted by Gasteiger charge is -2.23. The van der Waals surface area contributed by atoms with E-state index in [0.29, 0.717) is 17.0 Å². The van der Waals surface area contributed by atoms with Gasteiger partial charge in [0.1, 0.15) is 6.04 Å². The van der Waals surface area contributed by atoms with Crippen molar-refractivity contribution in [3.05, 3.63) is 70.2 Å². The Morgan fingerprint density at radius 1 is 1.11 bits per heavy atom. The normalized spacial score (nSPS) is 16.7. The number of hydrogen-bond donors (Lipinski definition) is 2. The van der Waals surface area contributed by atoms with Gasteiger partial charge >= 0.3 is 0 Å². The first-order chi connectivity index (χ1) is 12.9. The minimum atomic E-state index is -0.569. The Morgan fingerprint density at radius 3 is 2.52 bits per heavy atom. The average Bonchev–Trinajstić information content (AvgIpc) is 3.04. The average molecular weight is 385 g/mol. The first kappa shape index (κ1) is 19.4. The lowest BCUT2D eigenvalue weighted by Crippen LogP contribution is -2.48. The summed E-state index contributed by atoms with van der Waals surface area (Å²) >= 11 is 5.88. The molecular formula is C22H25ClN2O2. The molecule has 3 rings (SSSR count). The molecular weight excluding hydrogens is 360 g/mol. The van der Waals surface area contributed by atoms with E-state index < -0.39 is 6.04 Å². The molecule has 0 fully saturated rings. The summed E-state index contributed by atoms with van der Waals surface area (Å²) in [5.41, 5.74) is 2.96. The van der Waals surface area contributed by atoms with E-state index in [4.69, 9.17) is 11.6 Å². The van der Waals surface area contributed by atoms with Gasteiger partial charge in [-0.05, 0) is 60.6 Å². The summed E-state index contributed by atoms with van der Waals surface area (Å²) in [4.78, 5) is 25.5. The predicted molar refractivity (Wildman–Crippen MR) is 108 cm³/mol. The summed E-state index contributed by atoms with van der Waals surface area (Å²) in [5, 5.41) is 6.59. The summed E-state index contributed by atoms with van der Waals surface area (Å²) in [6.07, 6.45) is 2.44. The van der Waals surface area contributed by atoms with Crippen LogP contribution in [0.2, 0.25) is 5.02 Å². The molecule has 1 aliphatic carbocycles. The van der Waals surface area contributed by atoms with Crippen molar-refractivity contribution in [2.45, 2.75) is 45.2 Å². The fourth-order valence-corrected chi connectivity index (χ4v) is 3.65. The van der Waals surface area contributed by atoms with E-state index >= 15 is 0 Å². The van der Waals surface area contributed by atoms with Gasteiger partial charge in [0.15, 0.2) is 0 Å². The van der Waals surface area contributed by atoms with Crippen molar-refractivity contribution in [2.75, 3.05) is 0 Å². The zero-order chi connectivity index (χ0) is 19.4. The zero-order valence-electron chi connectivity index (χ0n) is 15.7. The number of hydrogen-bond acceptors (Lipinski definition) is 2. The molecule has 4 nitrogen and oxygen atoms in total. The number of nitrogens with one attached hydrogen (secondary N) is 2. The molecule has 1 aliphatic rings. The number of benzene rings is 2. The second kappa shape index (κ2) is 8.57. The molecule has 0 bridgehead atoms. The van der Waals surface area contributed by atoms with Crippen LogP contribution in [0.3, 0.4) is 0 Å². The fourth-order valence-electron chi connectivity index (χ4n) is 3.53. The predicted octanol–water partition coefficient (Wildman–Crippen LogP) is 4.29. The van der Waals surface area contributed by atoms with Gasteiger partial charge in [-0.25, -0.2) is 0 Å². The number of aryl methyl sites for hydroxylation is 1. The molecule has 5 heteroatoms. The standard InChI is InChI=1S/C22H25ClN2O2/c1-14(2)13-20(25-21(26)16-7-10-17(23)11-8-16)22(27)24-19-12-9-15-5-3-4-6-18(15)19/h3-8,10-11,14,19-20H,9,12-13H2,1-2H3,(H,24,27)(H,25,26). The summed E-state index contributed by atoms with van der Waals surface area (Å²) in [7, 11) is 0. The van der Waals surface area contributed by atoms with Crippen LogP contribution in [0.5, 0.6) is 0 Å². The maximum Gasteiger partial charge on any atom is 0.251 e. The third-order valence-corrected chi connectivity index (χ3v) is 5.14. The second-order valence-corrected chi connectivity index (χ2v) is 7.90. The number of carbonyl (C=O) groups excluding carboxylic acids is 2. The lowest BCUT2D eigenvalue weighted by atomic mass is 10.0. The Morgan fingerprint density at radius 2 is 1.81 bits per heavy atom. The molecule has 2 unspecified atom stereocenters. The van der Waals surface area contributed by atoms with Crippen LogP contribution in [0.25, 0.3) is 0 Å². The highest BCUT2D eigenvalue weighted by molar-refractivity contribution is 6.30. The van der Waals surface area contributed by atoms with Crippen molar-refractivity contribution in [1.82, 2.24) is 10.6 Å². The molecule has 2 amide bonds. The van der Waals surface area contributed by atoms with Gasteiger partial charge in [-0.1, -0.05) is 49.7 Å². The Kier molecular flexibility index (Phi) is 6.17. The molecule has 2 N–H and O–H groups in total. The van der Waals surface area contributed by atoms with Crippen molar-refractivity contribution >= 4 is 23.4 Å². The Bertz CT molecular complexity index is 817. The summed E-state index contributed by atoms with van der Waals surface area (Å²) in [6.45, 7) is 4.08. The largest absolute Gasteiger partial charge is 0.347 e. The Labute approximate surface area is 165 Å². The quantitative estimate of drug-likeness (QED) is 0.780. The van der Waals surface area contributed by atoms with E-state index in [1.54, 1.807) is 24.3 Å². The topological polar surface area (TPSA) is 58.2 Å². The van der Waals surface area contributed by atoms with Crippen LogP contribution in [0, 0.1) is 5.92 Å². The summed E-state index contributed by atoms with van der Waals surface area (Å²) in [5.74, 6) is -0.117. The number of rotatable bonds is 6. The molecule has 2 aromatic rings. The van der Waals surface area contributed by atoms with Crippen LogP contribution in [0.15, 0.2) is 48.5 Å². The van der Waals surface area contributed by atoms with Crippen molar-refractivity contribution in [3.63, 3.8) is 0 Å². The van der Waals surface area contributed by atoms with Crippen molar-refractivity contribution < 1.29 is 9.59 Å². The van der Waals surface area contributed by atoms with Crippen LogP contribution < -0.4 is 10.6 Å². The highest BCUT2D eigenvalue weighted by Crippen LogP contribution is 2.30. The fraction of sp³-hybridized carbons (Fsp3) is 0.364. The molecule has 142 valence electrons. The van der Waals surface area contributed by atoms with Gasteiger partial charge in [0, 0.05) is 10.6 Å². The minimum absolute atomic E-state index is 0.01000. The van der Waals surface area contributed by atoms with Gasteiger partial charge in [-0.2, -0.15) is 0 Å². The van der Waals surface area contributed by atoms with Gasteiger partial charge in [-0.3, -0.25) is 9.59 Å². The number of fused-ring (bicyclic) bond motifs is 1. The van der Waals surface area contributed by atoms with E-state index in [-0.39, 0.29) is 23.8 Å². The third-order valence-electron chi connectivity index (χ3n) is 4.88. The SMILES string of the molecule is CC(C)CC(NC(=O)c1ccc(Cl)cc1)C(=O)NC1CCc2ccccc21. The van der Waals surface area contributed by atoms with E-state index in [2.05, 4.69) is 22.8 Å². The van der Waals surface area contributed by atoms with Crippen molar-refractivity contribution in [3.8, 4) is 0 Å². The van der Waals surface area contributed by atoms with Gasteiger partial charge in [0.2, 0.25) is 5.91 Å². The molecule has 0 saturated carbocycles. The molecule has 0 aromatic heterocycles. The van der Waals surface area contributed by atoms with E-state index in [0.717, 1.165) is 12.8 Å². The molecule has 2 atom stereocenters. The maximum absolute atomic E-state index is 12.9. The van der Waals surface area contributed by atoms with Crippen LogP contribution in [0.4, 0.5) is 0 Å². The molecule has 0 heterocycles. The minimum Gasteiger partial charge on any atom is -0.347 e. The summed E-state index contributed by atoms with van der Waals surface area (Å²) in [6, 6.07) is 14.3. The third kappa shape index (κ3) is 4.89. The van der Waals surface area contributed by atoms with E-state index in [1.807, 2.05) is 26.0 Å². The maximum atomic E-state index is 12.9. The van der Waals surface area contributed by atoms with Crippen LogP contribution in [-0.2, 0) is 11.2 Å². The molecule has 0 radical (unpaired) electrons. The zero-order valence-corrected chi connectivity index (χ0v) is 16.4. The lowest BCUT2D eigenvalue weighted by molar-refractivity contribution is -0.124.